The summed E-state index contributed by atoms with van der Waals surface area (Å²) in [4.78, 5) is 54.5. The molecule has 5 rings (SSSR count). The van der Waals surface area contributed by atoms with Gasteiger partial charge in [0.05, 0.1) is 16.8 Å². The molecule has 3 N–H and O–H groups in total. The minimum atomic E-state index is -1.06. The Balaban J connectivity index is 1.28. The number of anilines is 1. The molecular formula is C22H26FN5O4. The normalized spacial score (nSPS) is 25.2. The van der Waals surface area contributed by atoms with Crippen molar-refractivity contribution >= 4 is 29.3 Å². The number of imide groups is 2. The molecule has 1 aromatic carbocycles. The third-order valence-electron chi connectivity index (χ3n) is 6.95. The topological polar surface area (TPSA) is 116 Å². The van der Waals surface area contributed by atoms with E-state index in [1.165, 1.54) is 6.07 Å². The maximum atomic E-state index is 14.9. The first kappa shape index (κ1) is 21.0. The molecule has 4 amide bonds. The number of carbonyl (C=O) groups excluding carboxylic acids is 4. The first-order chi connectivity index (χ1) is 15.3. The molecule has 0 spiro atoms. The second kappa shape index (κ2) is 7.93. The lowest BCUT2D eigenvalue weighted by Crippen LogP contribution is -2.54. The van der Waals surface area contributed by atoms with Crippen molar-refractivity contribution in [1.82, 2.24) is 15.1 Å². The number of nitrogens with one attached hydrogen (secondary N) is 1. The lowest BCUT2D eigenvalue weighted by Gasteiger charge is -2.44. The van der Waals surface area contributed by atoms with Crippen LogP contribution < -0.4 is 16.0 Å². The molecule has 3 saturated heterocycles. The maximum absolute atomic E-state index is 14.9. The monoisotopic (exact) mass is 443 g/mol. The Morgan fingerprint density at radius 2 is 1.66 bits per heavy atom. The quantitative estimate of drug-likeness (QED) is 0.634. The Morgan fingerprint density at radius 1 is 1.00 bits per heavy atom. The van der Waals surface area contributed by atoms with Crippen molar-refractivity contribution in [2.45, 2.75) is 37.8 Å². The first-order valence-electron chi connectivity index (χ1n) is 11.1. The highest BCUT2D eigenvalue weighted by Gasteiger charge is 2.45. The van der Waals surface area contributed by atoms with Crippen LogP contribution in [0.3, 0.4) is 0 Å². The fourth-order valence-corrected chi connectivity index (χ4v) is 5.10. The number of nitrogens with two attached hydrogens (primary N) is 1. The highest BCUT2D eigenvalue weighted by molar-refractivity contribution is 6.23. The molecule has 0 aliphatic carbocycles. The minimum absolute atomic E-state index is 0.0392. The van der Waals surface area contributed by atoms with Gasteiger partial charge < -0.3 is 15.5 Å². The number of amides is 4. The van der Waals surface area contributed by atoms with Crippen LogP contribution in [0.4, 0.5) is 10.1 Å². The van der Waals surface area contributed by atoms with Crippen LogP contribution in [-0.2, 0) is 9.59 Å². The zero-order valence-electron chi connectivity index (χ0n) is 17.7. The second-order valence-electron chi connectivity index (χ2n) is 9.21. The van der Waals surface area contributed by atoms with Gasteiger partial charge in [0.1, 0.15) is 11.9 Å². The van der Waals surface area contributed by atoms with Gasteiger partial charge in [0, 0.05) is 38.0 Å². The van der Waals surface area contributed by atoms with E-state index in [1.54, 1.807) is 0 Å². The van der Waals surface area contributed by atoms with Gasteiger partial charge in [0.25, 0.3) is 11.8 Å². The summed E-state index contributed by atoms with van der Waals surface area (Å²) in [5, 5.41) is 2.16. The molecule has 1 unspecified atom stereocenters. The Hall–Kier alpha value is -2.85. The van der Waals surface area contributed by atoms with Gasteiger partial charge in [0.15, 0.2) is 0 Å². The zero-order valence-corrected chi connectivity index (χ0v) is 17.7. The number of nitrogens with zero attached hydrogens (tertiary/aromatic N) is 3. The number of carbonyl (C=O) groups is 4. The van der Waals surface area contributed by atoms with Gasteiger partial charge in [-0.25, -0.2) is 4.39 Å². The van der Waals surface area contributed by atoms with Crippen molar-refractivity contribution in [2.75, 3.05) is 37.6 Å². The maximum Gasteiger partial charge on any atom is 0.262 e. The van der Waals surface area contributed by atoms with Crippen molar-refractivity contribution in [3.63, 3.8) is 0 Å². The molecule has 3 fully saturated rings. The molecule has 170 valence electrons. The van der Waals surface area contributed by atoms with Gasteiger partial charge in [-0.1, -0.05) is 0 Å². The molecule has 1 aromatic rings. The predicted octanol–water partition coefficient (Wildman–Crippen LogP) is 0.0862. The Bertz CT molecular complexity index is 1000. The van der Waals surface area contributed by atoms with E-state index in [4.69, 9.17) is 5.73 Å². The standard InChI is InChI=1S/C22H26FN5O4/c23-16-7-14-15(22(32)28(21(14)31)17-1-2-19(29)25-20(17)30)8-18(16)27-10-12(11-27)9-26-5-3-13(24)4-6-26/h7-8,12-13,17H,1-6,9-11,24H2,(H,25,29,30). The van der Waals surface area contributed by atoms with E-state index in [-0.39, 0.29) is 30.0 Å². The number of likely N-dealkylation sites (tertiary alicyclic amines) is 1. The Morgan fingerprint density at radius 3 is 2.31 bits per heavy atom. The van der Waals surface area contributed by atoms with Crippen molar-refractivity contribution < 1.29 is 23.6 Å². The van der Waals surface area contributed by atoms with E-state index in [1.807, 2.05) is 4.90 Å². The number of halogens is 1. The van der Waals surface area contributed by atoms with Crippen molar-refractivity contribution in [1.29, 1.82) is 0 Å². The Labute approximate surface area is 184 Å². The lowest BCUT2D eigenvalue weighted by molar-refractivity contribution is -0.136. The van der Waals surface area contributed by atoms with E-state index in [2.05, 4.69) is 10.2 Å². The largest absolute Gasteiger partial charge is 0.368 e. The molecule has 32 heavy (non-hydrogen) atoms. The SMILES string of the molecule is NC1CCN(CC2CN(c3cc4c(cc3F)C(=O)N(C3CCC(=O)NC3=O)C4=O)C2)CC1. The molecular weight excluding hydrogens is 417 g/mol. The van der Waals surface area contributed by atoms with Crippen LogP contribution in [0, 0.1) is 11.7 Å². The highest BCUT2D eigenvalue weighted by Crippen LogP contribution is 2.35. The van der Waals surface area contributed by atoms with E-state index in [0.29, 0.717) is 24.7 Å². The van der Waals surface area contributed by atoms with E-state index in [9.17, 15) is 23.6 Å². The molecule has 0 saturated carbocycles. The minimum Gasteiger partial charge on any atom is -0.368 e. The van der Waals surface area contributed by atoms with Crippen molar-refractivity contribution in [2.24, 2.45) is 11.7 Å². The van der Waals surface area contributed by atoms with Crippen LogP contribution in [0.25, 0.3) is 0 Å². The summed E-state index contributed by atoms with van der Waals surface area (Å²) in [7, 11) is 0. The van der Waals surface area contributed by atoms with Crippen molar-refractivity contribution in [3.05, 3.63) is 29.1 Å². The average Bonchev–Trinajstić information content (AvgIpc) is 2.95. The van der Waals surface area contributed by atoms with Gasteiger partial charge >= 0.3 is 0 Å². The second-order valence-corrected chi connectivity index (χ2v) is 9.21. The molecule has 0 bridgehead atoms. The molecule has 4 aliphatic heterocycles. The van der Waals surface area contributed by atoms with Crippen molar-refractivity contribution in [3.8, 4) is 0 Å². The zero-order chi connectivity index (χ0) is 22.6. The van der Waals surface area contributed by atoms with Crippen LogP contribution in [0.15, 0.2) is 12.1 Å². The van der Waals surface area contributed by atoms with Gasteiger partial charge in [-0.3, -0.25) is 29.4 Å². The van der Waals surface area contributed by atoms with Crippen LogP contribution in [0.5, 0.6) is 0 Å². The van der Waals surface area contributed by atoms with Gasteiger partial charge in [-0.05, 0) is 44.5 Å². The lowest BCUT2D eigenvalue weighted by atomic mass is 9.95. The number of piperidine rings is 2. The molecule has 9 nitrogen and oxygen atoms in total. The fraction of sp³-hybridized carbons (Fsp3) is 0.545. The molecule has 10 heteroatoms. The van der Waals surface area contributed by atoms with Crippen LogP contribution in [0.2, 0.25) is 0 Å². The molecule has 0 radical (unpaired) electrons. The smallest absolute Gasteiger partial charge is 0.262 e. The first-order valence-corrected chi connectivity index (χ1v) is 11.1. The van der Waals surface area contributed by atoms with E-state index < -0.39 is 35.5 Å². The summed E-state index contributed by atoms with van der Waals surface area (Å²) in [5.74, 6) is -2.58. The van der Waals surface area contributed by atoms with Crippen LogP contribution in [-0.4, -0.2) is 78.2 Å². The van der Waals surface area contributed by atoms with Crippen LogP contribution >= 0.6 is 0 Å². The molecule has 1 atom stereocenters. The number of rotatable bonds is 4. The predicted molar refractivity (Wildman–Crippen MR) is 112 cm³/mol. The summed E-state index contributed by atoms with van der Waals surface area (Å²) < 4.78 is 14.9. The van der Waals surface area contributed by atoms with E-state index >= 15 is 0 Å². The highest BCUT2D eigenvalue weighted by atomic mass is 19.1. The third kappa shape index (κ3) is 3.57. The summed E-state index contributed by atoms with van der Waals surface area (Å²) >= 11 is 0. The van der Waals surface area contributed by atoms with Gasteiger partial charge in [-0.2, -0.15) is 0 Å². The molecule has 4 heterocycles. The Kier molecular flexibility index (Phi) is 5.21. The average molecular weight is 443 g/mol. The summed E-state index contributed by atoms with van der Waals surface area (Å²) in [6, 6.07) is 1.74. The molecule has 0 aromatic heterocycles. The van der Waals surface area contributed by atoms with Crippen LogP contribution in [0.1, 0.15) is 46.4 Å². The summed E-state index contributed by atoms with van der Waals surface area (Å²) in [5.41, 5.74) is 6.32. The van der Waals surface area contributed by atoms with Gasteiger partial charge in [-0.15, -0.1) is 0 Å². The van der Waals surface area contributed by atoms with Gasteiger partial charge in [0.2, 0.25) is 11.8 Å². The molecule has 4 aliphatic rings. The number of hydrogen-bond donors (Lipinski definition) is 2. The third-order valence-corrected chi connectivity index (χ3v) is 6.95. The fourth-order valence-electron chi connectivity index (χ4n) is 5.10. The number of benzene rings is 1. The summed E-state index contributed by atoms with van der Waals surface area (Å²) in [6.45, 7) is 4.26. The number of fused-ring (bicyclic) bond motifs is 1. The summed E-state index contributed by atoms with van der Waals surface area (Å²) in [6.07, 6.45) is 2.10. The van der Waals surface area contributed by atoms with E-state index in [0.717, 1.165) is 43.4 Å². The number of hydrogen-bond acceptors (Lipinski definition) is 7.